The highest BCUT2D eigenvalue weighted by Gasteiger charge is 2.24. The number of rotatable bonds is 2. The van der Waals surface area contributed by atoms with Gasteiger partial charge in [0.05, 0.1) is 0 Å². The molecule has 2 heteroatoms. The van der Waals surface area contributed by atoms with Crippen molar-refractivity contribution in [3.8, 4) is 11.6 Å². The van der Waals surface area contributed by atoms with Crippen molar-refractivity contribution < 1.29 is 4.57 Å². The molecule has 0 fully saturated rings. The fourth-order valence-corrected chi connectivity index (χ4v) is 4.70. The van der Waals surface area contributed by atoms with E-state index in [2.05, 4.69) is 17.7 Å². The van der Waals surface area contributed by atoms with E-state index in [1.807, 2.05) is 60.7 Å². The van der Waals surface area contributed by atoms with Crippen LogP contribution in [0.25, 0.3) is 0 Å². The van der Waals surface area contributed by atoms with E-state index in [1.165, 1.54) is 12.8 Å². The van der Waals surface area contributed by atoms with Gasteiger partial charge in [0.15, 0.2) is 0 Å². The van der Waals surface area contributed by atoms with Gasteiger partial charge in [-0.1, -0.05) is 72.7 Å². The molecule has 2 aromatic rings. The summed E-state index contributed by atoms with van der Waals surface area (Å²) in [7, 11) is -2.89. The van der Waals surface area contributed by atoms with Gasteiger partial charge in [-0.25, -0.2) is 0 Å². The molecule has 1 nitrogen and oxygen atoms in total. The lowest BCUT2D eigenvalue weighted by Gasteiger charge is -2.13. The highest BCUT2D eigenvalue weighted by molar-refractivity contribution is 7.83. The maximum absolute atomic E-state index is 13.7. The molecule has 0 atom stereocenters. The molecule has 0 saturated carbocycles. The molecule has 2 aromatic carbocycles. The summed E-state index contributed by atoms with van der Waals surface area (Å²) in [5, 5.41) is 1.62. The molecule has 0 radical (unpaired) electrons. The summed E-state index contributed by atoms with van der Waals surface area (Å²) in [4.78, 5) is 0. The Morgan fingerprint density at radius 2 is 1.41 bits per heavy atom. The van der Waals surface area contributed by atoms with Crippen molar-refractivity contribution in [3.63, 3.8) is 0 Å². The fraction of sp³-hybridized carbons (Fsp3) is 0.200. The molecular weight excluding hydrogens is 287 g/mol. The summed E-state index contributed by atoms with van der Waals surface area (Å²) in [6.45, 7) is 0. The molecule has 0 aliphatic heterocycles. The van der Waals surface area contributed by atoms with Crippen LogP contribution in [0.2, 0.25) is 0 Å². The molecule has 1 aliphatic carbocycles. The van der Waals surface area contributed by atoms with Crippen LogP contribution in [0.5, 0.6) is 0 Å². The first kappa shape index (κ1) is 14.9. The lowest BCUT2D eigenvalue weighted by molar-refractivity contribution is 0.593. The van der Waals surface area contributed by atoms with E-state index in [1.54, 1.807) is 0 Å². The minimum atomic E-state index is -2.89. The van der Waals surface area contributed by atoms with E-state index in [-0.39, 0.29) is 0 Å². The van der Waals surface area contributed by atoms with E-state index < -0.39 is 7.14 Å². The van der Waals surface area contributed by atoms with Gasteiger partial charge in [0.25, 0.3) is 0 Å². The Bertz CT molecular complexity index is 720. The normalized spacial score (nSPS) is 14.6. The largest absolute Gasteiger partial charge is 0.300 e. The standard InChI is InChI=1S/C20H19OP/c21-22(19-12-6-2-7-13-19,20-14-8-3-9-15-20)17-16-18-10-4-1-5-11-18/h2-3,6-10,12-15H,1,4-5,11H2. The van der Waals surface area contributed by atoms with Crippen molar-refractivity contribution in [2.45, 2.75) is 25.7 Å². The van der Waals surface area contributed by atoms with E-state index >= 15 is 0 Å². The monoisotopic (exact) mass is 306 g/mol. The van der Waals surface area contributed by atoms with Crippen LogP contribution in [-0.4, -0.2) is 0 Å². The van der Waals surface area contributed by atoms with Gasteiger partial charge in [-0.05, 0) is 36.9 Å². The highest BCUT2D eigenvalue weighted by atomic mass is 31.2. The Balaban J connectivity index is 2.07. The molecule has 0 bridgehead atoms. The number of benzene rings is 2. The van der Waals surface area contributed by atoms with Crippen molar-refractivity contribution in [3.05, 3.63) is 72.3 Å². The fourth-order valence-electron chi connectivity index (χ4n) is 2.66. The first-order valence-electron chi connectivity index (χ1n) is 7.73. The van der Waals surface area contributed by atoms with E-state index in [9.17, 15) is 4.57 Å². The number of allylic oxidation sites excluding steroid dienone is 2. The molecule has 0 amide bonds. The second kappa shape index (κ2) is 6.82. The Morgan fingerprint density at radius 3 is 1.91 bits per heavy atom. The first-order chi connectivity index (χ1) is 10.8. The maximum Gasteiger partial charge on any atom is 0.211 e. The third-order valence-corrected chi connectivity index (χ3v) is 6.38. The van der Waals surface area contributed by atoms with Gasteiger partial charge < -0.3 is 0 Å². The third kappa shape index (κ3) is 3.24. The molecule has 1 aliphatic rings. The smallest absolute Gasteiger partial charge is 0.211 e. The molecule has 0 spiro atoms. The van der Waals surface area contributed by atoms with Crippen molar-refractivity contribution in [1.29, 1.82) is 0 Å². The molecule has 0 N–H and O–H groups in total. The van der Waals surface area contributed by atoms with E-state index in [4.69, 9.17) is 0 Å². The summed E-state index contributed by atoms with van der Waals surface area (Å²) in [5.41, 5.74) is 4.27. The van der Waals surface area contributed by atoms with Crippen LogP contribution in [0.1, 0.15) is 25.7 Å². The van der Waals surface area contributed by atoms with Gasteiger partial charge >= 0.3 is 0 Å². The topological polar surface area (TPSA) is 17.1 Å². The Hall–Kier alpha value is -2.03. The predicted molar refractivity (Wildman–Crippen MR) is 94.1 cm³/mol. The average Bonchev–Trinajstić information content (AvgIpc) is 2.62. The zero-order valence-electron chi connectivity index (χ0n) is 12.5. The van der Waals surface area contributed by atoms with Crippen LogP contribution in [0.4, 0.5) is 0 Å². The second-order valence-corrected chi connectivity index (χ2v) is 7.97. The van der Waals surface area contributed by atoms with Crippen LogP contribution >= 0.6 is 7.14 Å². The van der Waals surface area contributed by atoms with Crippen molar-refractivity contribution in [2.75, 3.05) is 0 Å². The summed E-state index contributed by atoms with van der Waals surface area (Å²) in [5.74, 6) is 3.21. The van der Waals surface area contributed by atoms with Gasteiger partial charge in [0.1, 0.15) is 0 Å². The third-order valence-electron chi connectivity index (χ3n) is 3.90. The van der Waals surface area contributed by atoms with Gasteiger partial charge in [0.2, 0.25) is 7.14 Å². The lowest BCUT2D eigenvalue weighted by Crippen LogP contribution is -2.14. The zero-order valence-corrected chi connectivity index (χ0v) is 13.4. The van der Waals surface area contributed by atoms with Gasteiger partial charge in [0, 0.05) is 10.6 Å². The molecule has 0 saturated heterocycles. The highest BCUT2D eigenvalue weighted by Crippen LogP contribution is 2.42. The molecule has 3 rings (SSSR count). The van der Waals surface area contributed by atoms with Crippen LogP contribution in [0.3, 0.4) is 0 Å². The molecule has 0 heterocycles. The minimum absolute atomic E-state index is 0.810. The summed E-state index contributed by atoms with van der Waals surface area (Å²) < 4.78 is 13.7. The summed E-state index contributed by atoms with van der Waals surface area (Å²) in [6, 6.07) is 19.2. The molecular formula is C20H19OP. The van der Waals surface area contributed by atoms with E-state index in [0.717, 1.165) is 29.0 Å². The second-order valence-electron chi connectivity index (χ2n) is 5.49. The van der Waals surface area contributed by atoms with Crippen LogP contribution in [-0.2, 0) is 4.57 Å². The van der Waals surface area contributed by atoms with Crippen LogP contribution in [0.15, 0.2) is 72.3 Å². The van der Waals surface area contributed by atoms with Crippen molar-refractivity contribution >= 4 is 17.8 Å². The molecule has 110 valence electrons. The lowest BCUT2D eigenvalue weighted by atomic mass is 10.0. The number of hydrogen-bond donors (Lipinski definition) is 0. The molecule has 0 unspecified atom stereocenters. The quantitative estimate of drug-likeness (QED) is 0.591. The predicted octanol–water partition coefficient (Wildman–Crippen LogP) is 4.46. The number of hydrogen-bond acceptors (Lipinski definition) is 1. The van der Waals surface area contributed by atoms with Crippen LogP contribution < -0.4 is 10.6 Å². The van der Waals surface area contributed by atoms with Gasteiger partial charge in [-0.2, -0.15) is 0 Å². The molecule has 22 heavy (non-hydrogen) atoms. The Kier molecular flexibility index (Phi) is 4.62. The zero-order chi connectivity index (χ0) is 15.3. The van der Waals surface area contributed by atoms with Gasteiger partial charge in [-0.15, -0.1) is 0 Å². The summed E-state index contributed by atoms with van der Waals surface area (Å²) in [6.07, 6.45) is 6.71. The Labute approximate surface area is 132 Å². The Morgan fingerprint density at radius 1 is 0.818 bits per heavy atom. The van der Waals surface area contributed by atoms with Crippen LogP contribution in [0, 0.1) is 11.6 Å². The first-order valence-corrected chi connectivity index (χ1v) is 9.43. The molecule has 0 aromatic heterocycles. The minimum Gasteiger partial charge on any atom is -0.300 e. The van der Waals surface area contributed by atoms with Crippen molar-refractivity contribution in [2.24, 2.45) is 0 Å². The summed E-state index contributed by atoms with van der Waals surface area (Å²) >= 11 is 0. The van der Waals surface area contributed by atoms with Crippen molar-refractivity contribution in [1.82, 2.24) is 0 Å². The van der Waals surface area contributed by atoms with E-state index in [0.29, 0.717) is 0 Å². The average molecular weight is 306 g/mol. The maximum atomic E-state index is 13.7. The van der Waals surface area contributed by atoms with Gasteiger partial charge in [-0.3, -0.25) is 4.57 Å². The SMILES string of the molecule is O=P(C#CC1=CCCCC1)(c1ccccc1)c1ccccc1.